The van der Waals surface area contributed by atoms with E-state index in [-0.39, 0.29) is 41.5 Å². The van der Waals surface area contributed by atoms with Gasteiger partial charge in [-0.1, -0.05) is 55.9 Å². The van der Waals surface area contributed by atoms with E-state index in [0.717, 1.165) is 17.3 Å². The van der Waals surface area contributed by atoms with Crippen LogP contribution in [0.2, 0.25) is 0 Å². The van der Waals surface area contributed by atoms with Crippen molar-refractivity contribution in [3.63, 3.8) is 0 Å². The van der Waals surface area contributed by atoms with Gasteiger partial charge in [-0.2, -0.15) is 0 Å². The number of rotatable bonds is 11. The summed E-state index contributed by atoms with van der Waals surface area (Å²) < 4.78 is 11.9. The smallest absolute Gasteiger partial charge is 0.330 e. The molecule has 0 atom stereocenters. The molecule has 0 aliphatic carbocycles. The van der Waals surface area contributed by atoms with Crippen molar-refractivity contribution in [2.45, 2.75) is 38.0 Å². The number of aromatic nitrogens is 4. The number of thioether (sulfide) groups is 1. The molecule has 2 aromatic heterocycles. The molecule has 2 heterocycles. The molecule has 0 fully saturated rings. The summed E-state index contributed by atoms with van der Waals surface area (Å²) in [4.78, 5) is 42.0. The number of nitrogens with one attached hydrogen (secondary N) is 1. The summed E-state index contributed by atoms with van der Waals surface area (Å²) in [5, 5.41) is 8.15. The fraction of sp³-hybridized carbons (Fsp3) is 0.409. The third-order valence-corrected chi connectivity index (χ3v) is 5.74. The van der Waals surface area contributed by atoms with Crippen molar-refractivity contribution < 1.29 is 13.9 Å². The quantitative estimate of drug-likeness (QED) is 0.304. The molecule has 3 N–H and O–H groups in total. The maximum atomic E-state index is 13.2. The monoisotopic (exact) mass is 488 g/mol. The van der Waals surface area contributed by atoms with Crippen LogP contribution in [-0.4, -0.2) is 51.7 Å². The first kappa shape index (κ1) is 25.2. The van der Waals surface area contributed by atoms with Crippen LogP contribution in [0.25, 0.3) is 0 Å². The van der Waals surface area contributed by atoms with Crippen LogP contribution >= 0.6 is 11.8 Å². The Morgan fingerprint density at radius 1 is 1.26 bits per heavy atom. The van der Waals surface area contributed by atoms with Crippen molar-refractivity contribution in [2.75, 3.05) is 36.6 Å². The Balaban J connectivity index is 1.90. The highest BCUT2D eigenvalue weighted by atomic mass is 32.2. The molecule has 0 aliphatic rings. The molecule has 0 bridgehead atoms. The number of nitrogens with two attached hydrogens (primary N) is 1. The Labute approximate surface area is 200 Å². The molecule has 12 heteroatoms. The molecule has 182 valence electrons. The lowest BCUT2D eigenvalue weighted by molar-refractivity contribution is -0.116. The highest BCUT2D eigenvalue weighted by Crippen LogP contribution is 2.23. The minimum absolute atomic E-state index is 0.0621. The zero-order chi connectivity index (χ0) is 24.7. The summed E-state index contributed by atoms with van der Waals surface area (Å²) in [6.07, 6.45) is 0.460. The lowest BCUT2D eigenvalue weighted by atomic mass is 10.2. The van der Waals surface area contributed by atoms with Gasteiger partial charge in [0.2, 0.25) is 11.8 Å². The Morgan fingerprint density at radius 2 is 2.00 bits per heavy atom. The number of benzene rings is 1. The van der Waals surface area contributed by atoms with Crippen molar-refractivity contribution in [3.8, 4) is 0 Å². The van der Waals surface area contributed by atoms with E-state index in [2.05, 4.69) is 15.2 Å². The van der Waals surface area contributed by atoms with E-state index in [0.29, 0.717) is 18.9 Å². The van der Waals surface area contributed by atoms with Crippen LogP contribution in [0.15, 0.2) is 49.6 Å². The molecule has 0 spiro atoms. The van der Waals surface area contributed by atoms with Crippen molar-refractivity contribution in [1.82, 2.24) is 19.7 Å². The summed E-state index contributed by atoms with van der Waals surface area (Å²) in [5.41, 5.74) is 5.64. The molecule has 0 radical (unpaired) electrons. The largest absolute Gasteiger partial charge is 0.416 e. The standard InChI is InChI=1S/C22H28N6O5S/c1-14(2)20-25-26-22(33-20)34-13-16(29)27(10-7-11-32-3)17-18(23)28(21(31)24-19(17)30)12-15-8-5-4-6-9-15/h4-6,8-9,14H,7,10-13,23H2,1-3H3,(H,24,30,31). The number of hydrogen-bond donors (Lipinski definition) is 2. The van der Waals surface area contributed by atoms with Crippen LogP contribution in [-0.2, 0) is 16.1 Å². The third-order valence-electron chi connectivity index (χ3n) is 4.93. The van der Waals surface area contributed by atoms with E-state index >= 15 is 0 Å². The van der Waals surface area contributed by atoms with Crippen LogP contribution in [0.4, 0.5) is 11.5 Å². The zero-order valence-electron chi connectivity index (χ0n) is 19.3. The average molecular weight is 489 g/mol. The number of ether oxygens (including phenoxy) is 1. The first-order valence-corrected chi connectivity index (χ1v) is 11.7. The number of hydrogen-bond acceptors (Lipinski definition) is 9. The van der Waals surface area contributed by atoms with Crippen LogP contribution in [0.3, 0.4) is 0 Å². The van der Waals surface area contributed by atoms with Gasteiger partial charge in [0.25, 0.3) is 10.8 Å². The van der Waals surface area contributed by atoms with Crippen LogP contribution in [0.5, 0.6) is 0 Å². The fourth-order valence-corrected chi connectivity index (χ4v) is 3.85. The second-order valence-corrected chi connectivity index (χ2v) is 8.73. The molecule has 0 aliphatic heterocycles. The summed E-state index contributed by atoms with van der Waals surface area (Å²) in [6, 6.07) is 9.21. The van der Waals surface area contributed by atoms with Crippen LogP contribution < -0.4 is 21.9 Å². The van der Waals surface area contributed by atoms with Crippen LogP contribution in [0, 0.1) is 0 Å². The number of H-pyrrole nitrogens is 1. The van der Waals surface area contributed by atoms with Gasteiger partial charge in [0.05, 0.1) is 12.3 Å². The molecule has 0 saturated carbocycles. The minimum Gasteiger partial charge on any atom is -0.416 e. The van der Waals surface area contributed by atoms with Gasteiger partial charge < -0.3 is 19.8 Å². The topological polar surface area (TPSA) is 149 Å². The van der Waals surface area contributed by atoms with Gasteiger partial charge in [0.15, 0.2) is 5.69 Å². The van der Waals surface area contributed by atoms with Gasteiger partial charge in [-0.3, -0.25) is 19.1 Å². The Kier molecular flexibility index (Phi) is 8.66. The van der Waals surface area contributed by atoms with Gasteiger partial charge in [-0.15, -0.1) is 10.2 Å². The first-order chi connectivity index (χ1) is 16.3. The summed E-state index contributed by atoms with van der Waals surface area (Å²) in [7, 11) is 1.55. The van der Waals surface area contributed by atoms with Gasteiger partial charge in [-0.05, 0) is 12.0 Å². The predicted molar refractivity (Wildman–Crippen MR) is 129 cm³/mol. The second-order valence-electron chi connectivity index (χ2n) is 7.81. The SMILES string of the molecule is COCCCN(C(=O)CSc1nnc(C(C)C)o1)c1c(N)n(Cc2ccccc2)c(=O)[nH]c1=O. The Hall–Kier alpha value is -3.38. The zero-order valence-corrected chi connectivity index (χ0v) is 20.1. The van der Waals surface area contributed by atoms with Crippen molar-refractivity contribution in [2.24, 2.45) is 0 Å². The third kappa shape index (κ3) is 6.14. The molecule has 3 aromatic rings. The number of nitrogen functional groups attached to an aromatic ring is 1. The predicted octanol–water partition coefficient (Wildman–Crippen LogP) is 1.84. The van der Waals surface area contributed by atoms with Gasteiger partial charge in [0.1, 0.15) is 5.82 Å². The highest BCUT2D eigenvalue weighted by Gasteiger charge is 2.25. The average Bonchev–Trinajstić information content (AvgIpc) is 3.29. The Bertz CT molecular complexity index is 1220. The number of anilines is 2. The number of carbonyl (C=O) groups is 1. The molecule has 0 unspecified atom stereocenters. The van der Waals surface area contributed by atoms with E-state index in [1.54, 1.807) is 7.11 Å². The molecular formula is C22H28N6O5S. The molecule has 1 aromatic carbocycles. The number of nitrogens with zero attached hydrogens (tertiary/aromatic N) is 4. The molecule has 1 amide bonds. The normalized spacial score (nSPS) is 11.2. The first-order valence-electron chi connectivity index (χ1n) is 10.7. The maximum absolute atomic E-state index is 13.2. The van der Waals surface area contributed by atoms with Crippen molar-refractivity contribution >= 4 is 29.2 Å². The highest BCUT2D eigenvalue weighted by molar-refractivity contribution is 7.99. The molecule has 11 nitrogen and oxygen atoms in total. The Morgan fingerprint density at radius 3 is 2.65 bits per heavy atom. The van der Waals surface area contributed by atoms with Crippen molar-refractivity contribution in [3.05, 3.63) is 62.6 Å². The summed E-state index contributed by atoms with van der Waals surface area (Å²) >= 11 is 1.07. The molecule has 34 heavy (non-hydrogen) atoms. The summed E-state index contributed by atoms with van der Waals surface area (Å²) in [6.45, 7) is 4.53. The minimum atomic E-state index is -0.734. The van der Waals surface area contributed by atoms with E-state index < -0.39 is 17.2 Å². The van der Waals surface area contributed by atoms with Gasteiger partial charge in [0, 0.05) is 26.2 Å². The molecular weight excluding hydrogens is 460 g/mol. The molecule has 0 saturated heterocycles. The molecule has 3 rings (SSSR count). The van der Waals surface area contributed by atoms with E-state index in [1.807, 2.05) is 44.2 Å². The fourth-order valence-electron chi connectivity index (χ4n) is 3.20. The number of aromatic amines is 1. The number of amides is 1. The number of carbonyl (C=O) groups excluding carboxylic acids is 1. The van der Waals surface area contributed by atoms with E-state index in [4.69, 9.17) is 14.9 Å². The van der Waals surface area contributed by atoms with Gasteiger partial charge in [-0.25, -0.2) is 4.79 Å². The van der Waals surface area contributed by atoms with E-state index in [9.17, 15) is 14.4 Å². The lowest BCUT2D eigenvalue weighted by Crippen LogP contribution is -2.42. The second kappa shape index (κ2) is 11.7. The van der Waals surface area contributed by atoms with E-state index in [1.165, 1.54) is 9.47 Å². The van der Waals surface area contributed by atoms with Crippen molar-refractivity contribution in [1.29, 1.82) is 0 Å². The number of methoxy groups -OCH3 is 1. The van der Waals surface area contributed by atoms with Crippen LogP contribution in [0.1, 0.15) is 37.6 Å². The maximum Gasteiger partial charge on any atom is 0.330 e. The summed E-state index contributed by atoms with van der Waals surface area (Å²) in [5.74, 6) is -0.0166. The van der Waals surface area contributed by atoms with Gasteiger partial charge >= 0.3 is 5.69 Å². The lowest BCUT2D eigenvalue weighted by Gasteiger charge is -2.24.